The largest absolute Gasteiger partial charge is 0.497 e. The Hall–Kier alpha value is -3.54. The number of aromatic nitrogens is 1. The normalized spacial score (nSPS) is 10.1. The van der Waals surface area contributed by atoms with E-state index in [4.69, 9.17) is 9.47 Å². The lowest BCUT2D eigenvalue weighted by atomic mass is 10.2. The SMILES string of the molecule is COc1cccc(CNC(=O)Nc2ccc(Oc3ccc(C)cc3)nc2)c1. The van der Waals surface area contributed by atoms with Crippen molar-refractivity contribution >= 4 is 11.7 Å². The van der Waals surface area contributed by atoms with Crippen molar-refractivity contribution in [3.8, 4) is 17.4 Å². The van der Waals surface area contributed by atoms with Crippen LogP contribution in [0.1, 0.15) is 11.1 Å². The Morgan fingerprint density at radius 3 is 2.56 bits per heavy atom. The first-order chi connectivity index (χ1) is 13.1. The summed E-state index contributed by atoms with van der Waals surface area (Å²) >= 11 is 0. The van der Waals surface area contributed by atoms with Crippen LogP contribution in [-0.2, 0) is 6.54 Å². The Morgan fingerprint density at radius 2 is 1.85 bits per heavy atom. The van der Waals surface area contributed by atoms with Gasteiger partial charge in [-0.25, -0.2) is 9.78 Å². The molecular weight excluding hydrogens is 342 g/mol. The number of ether oxygens (including phenoxy) is 2. The lowest BCUT2D eigenvalue weighted by Gasteiger charge is -2.09. The molecule has 0 atom stereocenters. The van der Waals surface area contributed by atoms with Gasteiger partial charge < -0.3 is 20.1 Å². The maximum Gasteiger partial charge on any atom is 0.319 e. The summed E-state index contributed by atoms with van der Waals surface area (Å²) < 4.78 is 10.8. The Labute approximate surface area is 158 Å². The molecule has 138 valence electrons. The molecule has 0 fully saturated rings. The number of rotatable bonds is 6. The third-order valence-electron chi connectivity index (χ3n) is 3.82. The van der Waals surface area contributed by atoms with Crippen LogP contribution in [0.15, 0.2) is 66.9 Å². The number of carbonyl (C=O) groups is 1. The molecule has 2 amide bonds. The van der Waals surface area contributed by atoms with Crippen molar-refractivity contribution in [2.45, 2.75) is 13.5 Å². The topological polar surface area (TPSA) is 72.5 Å². The van der Waals surface area contributed by atoms with Crippen LogP contribution in [0.2, 0.25) is 0 Å². The van der Waals surface area contributed by atoms with Gasteiger partial charge in [0.05, 0.1) is 19.0 Å². The standard InChI is InChI=1S/C21H21N3O3/c1-15-6-9-18(10-7-15)27-20-11-8-17(14-22-20)24-21(25)23-13-16-4-3-5-19(12-16)26-2/h3-12,14H,13H2,1-2H3,(H2,23,24,25). The smallest absolute Gasteiger partial charge is 0.319 e. The molecular formula is C21H21N3O3. The number of pyridine rings is 1. The van der Waals surface area contributed by atoms with Crippen LogP contribution >= 0.6 is 0 Å². The number of anilines is 1. The quantitative estimate of drug-likeness (QED) is 0.676. The highest BCUT2D eigenvalue weighted by Gasteiger charge is 2.04. The second kappa shape index (κ2) is 8.71. The Kier molecular flexibility index (Phi) is 5.89. The molecule has 2 aromatic carbocycles. The summed E-state index contributed by atoms with van der Waals surface area (Å²) in [5.41, 5.74) is 2.69. The second-order valence-electron chi connectivity index (χ2n) is 5.96. The number of methoxy groups -OCH3 is 1. The van der Waals surface area contributed by atoms with Gasteiger partial charge in [-0.05, 0) is 42.8 Å². The average molecular weight is 363 g/mol. The number of urea groups is 1. The van der Waals surface area contributed by atoms with Gasteiger partial charge in [-0.1, -0.05) is 29.8 Å². The highest BCUT2D eigenvalue weighted by Crippen LogP contribution is 2.20. The zero-order valence-corrected chi connectivity index (χ0v) is 15.2. The van der Waals surface area contributed by atoms with E-state index in [1.165, 1.54) is 0 Å². The van der Waals surface area contributed by atoms with Crippen molar-refractivity contribution in [3.63, 3.8) is 0 Å². The lowest BCUT2D eigenvalue weighted by molar-refractivity contribution is 0.251. The van der Waals surface area contributed by atoms with Gasteiger partial charge in [0.15, 0.2) is 0 Å². The first kappa shape index (κ1) is 18.3. The maximum atomic E-state index is 12.0. The van der Waals surface area contributed by atoms with Crippen LogP contribution in [0.5, 0.6) is 17.4 Å². The van der Waals surface area contributed by atoms with Gasteiger partial charge in [0, 0.05) is 12.6 Å². The monoisotopic (exact) mass is 363 g/mol. The van der Waals surface area contributed by atoms with E-state index >= 15 is 0 Å². The summed E-state index contributed by atoms with van der Waals surface area (Å²) in [5, 5.41) is 5.53. The Balaban J connectivity index is 1.51. The summed E-state index contributed by atoms with van der Waals surface area (Å²) in [5.74, 6) is 1.93. The van der Waals surface area contributed by atoms with E-state index in [1.807, 2.05) is 55.5 Å². The summed E-state index contributed by atoms with van der Waals surface area (Å²) in [4.78, 5) is 16.2. The fourth-order valence-electron chi connectivity index (χ4n) is 2.38. The van der Waals surface area contributed by atoms with Crippen molar-refractivity contribution < 1.29 is 14.3 Å². The lowest BCUT2D eigenvalue weighted by Crippen LogP contribution is -2.28. The fourth-order valence-corrected chi connectivity index (χ4v) is 2.38. The highest BCUT2D eigenvalue weighted by molar-refractivity contribution is 5.88. The van der Waals surface area contributed by atoms with E-state index in [0.717, 1.165) is 16.9 Å². The van der Waals surface area contributed by atoms with Gasteiger partial charge in [-0.3, -0.25) is 0 Å². The van der Waals surface area contributed by atoms with E-state index in [0.29, 0.717) is 23.9 Å². The van der Waals surface area contributed by atoms with Crippen LogP contribution in [0.4, 0.5) is 10.5 Å². The molecule has 0 saturated heterocycles. The molecule has 3 aromatic rings. The van der Waals surface area contributed by atoms with Crippen LogP contribution < -0.4 is 20.1 Å². The fraction of sp³-hybridized carbons (Fsp3) is 0.143. The second-order valence-corrected chi connectivity index (χ2v) is 5.96. The molecule has 0 aliphatic rings. The number of nitrogens with one attached hydrogen (secondary N) is 2. The summed E-state index contributed by atoms with van der Waals surface area (Å²) in [7, 11) is 1.61. The predicted octanol–water partition coefficient (Wildman–Crippen LogP) is 4.51. The number of aryl methyl sites for hydroxylation is 1. The van der Waals surface area contributed by atoms with Gasteiger partial charge in [-0.2, -0.15) is 0 Å². The molecule has 27 heavy (non-hydrogen) atoms. The Bertz CT molecular complexity index is 893. The first-order valence-electron chi connectivity index (χ1n) is 8.51. The number of hydrogen-bond donors (Lipinski definition) is 2. The van der Waals surface area contributed by atoms with Gasteiger partial charge in [-0.15, -0.1) is 0 Å². The van der Waals surface area contributed by atoms with Gasteiger partial charge in [0.2, 0.25) is 5.88 Å². The molecule has 0 aliphatic carbocycles. The molecule has 2 N–H and O–H groups in total. The molecule has 0 unspecified atom stereocenters. The predicted molar refractivity (Wildman–Crippen MR) is 104 cm³/mol. The van der Waals surface area contributed by atoms with Crippen molar-refractivity contribution in [1.82, 2.24) is 10.3 Å². The molecule has 6 heteroatoms. The van der Waals surface area contributed by atoms with Gasteiger partial charge in [0.1, 0.15) is 11.5 Å². The summed E-state index contributed by atoms with van der Waals surface area (Å²) in [6.45, 7) is 2.41. The summed E-state index contributed by atoms with van der Waals surface area (Å²) in [6, 6.07) is 18.4. The van der Waals surface area contributed by atoms with E-state index in [2.05, 4.69) is 15.6 Å². The number of hydrogen-bond acceptors (Lipinski definition) is 4. The first-order valence-corrected chi connectivity index (χ1v) is 8.51. The van der Waals surface area contributed by atoms with Crippen molar-refractivity contribution in [2.75, 3.05) is 12.4 Å². The average Bonchev–Trinajstić information content (AvgIpc) is 2.70. The molecule has 0 radical (unpaired) electrons. The summed E-state index contributed by atoms with van der Waals surface area (Å²) in [6.07, 6.45) is 1.55. The van der Waals surface area contributed by atoms with Crippen LogP contribution in [0.25, 0.3) is 0 Å². The van der Waals surface area contributed by atoms with E-state index in [-0.39, 0.29) is 6.03 Å². The number of carbonyl (C=O) groups excluding carboxylic acids is 1. The number of nitrogens with zero attached hydrogens (tertiary/aromatic N) is 1. The maximum absolute atomic E-state index is 12.0. The number of amides is 2. The van der Waals surface area contributed by atoms with Crippen LogP contribution in [0, 0.1) is 6.92 Å². The molecule has 0 aliphatic heterocycles. The molecule has 3 rings (SSSR count). The van der Waals surface area contributed by atoms with E-state index in [1.54, 1.807) is 25.4 Å². The van der Waals surface area contributed by atoms with E-state index < -0.39 is 0 Å². The third kappa shape index (κ3) is 5.47. The van der Waals surface area contributed by atoms with Crippen molar-refractivity contribution in [3.05, 3.63) is 78.0 Å². The number of benzene rings is 2. The van der Waals surface area contributed by atoms with Crippen LogP contribution in [0.3, 0.4) is 0 Å². The van der Waals surface area contributed by atoms with Gasteiger partial charge >= 0.3 is 6.03 Å². The zero-order chi connectivity index (χ0) is 19.1. The third-order valence-corrected chi connectivity index (χ3v) is 3.82. The van der Waals surface area contributed by atoms with Crippen molar-refractivity contribution in [1.29, 1.82) is 0 Å². The van der Waals surface area contributed by atoms with Crippen molar-refractivity contribution in [2.24, 2.45) is 0 Å². The van der Waals surface area contributed by atoms with Gasteiger partial charge in [0.25, 0.3) is 0 Å². The molecule has 0 spiro atoms. The Morgan fingerprint density at radius 1 is 1.04 bits per heavy atom. The minimum atomic E-state index is -0.313. The molecule has 0 bridgehead atoms. The molecule has 1 heterocycles. The molecule has 6 nitrogen and oxygen atoms in total. The van der Waals surface area contributed by atoms with Crippen LogP contribution in [-0.4, -0.2) is 18.1 Å². The van der Waals surface area contributed by atoms with E-state index in [9.17, 15) is 4.79 Å². The highest BCUT2D eigenvalue weighted by atomic mass is 16.5. The minimum Gasteiger partial charge on any atom is -0.497 e. The molecule has 0 saturated carbocycles. The minimum absolute atomic E-state index is 0.313. The molecule has 1 aromatic heterocycles. The zero-order valence-electron chi connectivity index (χ0n) is 15.2.